The lowest BCUT2D eigenvalue weighted by atomic mass is 9.89. The molecule has 6 heteroatoms. The predicted octanol–water partition coefficient (Wildman–Crippen LogP) is 2.81. The average molecular weight is 255 g/mol. The van der Waals surface area contributed by atoms with Gasteiger partial charge in [-0.15, -0.1) is 0 Å². The third kappa shape index (κ3) is 8.01. The van der Waals surface area contributed by atoms with Crippen LogP contribution in [0.25, 0.3) is 0 Å². The summed E-state index contributed by atoms with van der Waals surface area (Å²) in [5.74, 6) is -0.901. The van der Waals surface area contributed by atoms with Crippen LogP contribution in [0, 0.1) is 5.41 Å². The van der Waals surface area contributed by atoms with Crippen LogP contribution >= 0.6 is 0 Å². The van der Waals surface area contributed by atoms with Gasteiger partial charge in [-0.1, -0.05) is 0 Å². The number of aliphatic carboxylic acids is 1. The largest absolute Gasteiger partial charge is 0.481 e. The molecule has 0 aliphatic rings. The van der Waals surface area contributed by atoms with Crippen LogP contribution in [0.2, 0.25) is 0 Å². The normalized spacial score (nSPS) is 14.7. The maximum absolute atomic E-state index is 11.9. The van der Waals surface area contributed by atoms with Crippen molar-refractivity contribution in [3.8, 4) is 0 Å². The first-order chi connectivity index (χ1) is 7.54. The molecule has 0 aromatic carbocycles. The number of alkyl halides is 3. The Morgan fingerprint density at radius 2 is 1.82 bits per heavy atom. The molecule has 0 fully saturated rings. The smallest absolute Gasteiger partial charge is 0.389 e. The first-order valence-corrected chi connectivity index (χ1v) is 5.58. The minimum atomic E-state index is -4.13. The topological polar surface area (TPSA) is 49.3 Å². The Balaban J connectivity index is 3.79. The number of hydrogen-bond donors (Lipinski definition) is 2. The van der Waals surface area contributed by atoms with E-state index in [4.69, 9.17) is 5.11 Å². The van der Waals surface area contributed by atoms with Gasteiger partial charge < -0.3 is 10.4 Å². The van der Waals surface area contributed by atoms with Crippen LogP contribution in [0.4, 0.5) is 13.2 Å². The average Bonchev–Trinajstić information content (AvgIpc) is 2.13. The van der Waals surface area contributed by atoms with E-state index in [0.717, 1.165) is 0 Å². The Kier molecular flexibility index (Phi) is 5.95. The number of halogens is 3. The monoisotopic (exact) mass is 255 g/mol. The van der Waals surface area contributed by atoms with Crippen molar-refractivity contribution in [2.75, 3.05) is 6.54 Å². The number of nitrogens with one attached hydrogen (secondary N) is 1. The second-order valence-electron chi connectivity index (χ2n) is 4.95. The van der Waals surface area contributed by atoms with Gasteiger partial charge in [-0.05, 0) is 40.2 Å². The highest BCUT2D eigenvalue weighted by molar-refractivity contribution is 5.73. The summed E-state index contributed by atoms with van der Waals surface area (Å²) in [6.45, 7) is 5.26. The number of hydrogen-bond acceptors (Lipinski definition) is 2. The van der Waals surface area contributed by atoms with Crippen molar-refractivity contribution in [1.82, 2.24) is 5.32 Å². The molecule has 1 atom stereocenters. The zero-order chi connectivity index (χ0) is 13.7. The van der Waals surface area contributed by atoms with E-state index in [1.807, 2.05) is 0 Å². The molecule has 0 radical (unpaired) electrons. The van der Waals surface area contributed by atoms with Crippen LogP contribution in [-0.4, -0.2) is 29.8 Å². The highest BCUT2D eigenvalue weighted by Crippen LogP contribution is 2.22. The lowest BCUT2D eigenvalue weighted by Gasteiger charge is -2.21. The van der Waals surface area contributed by atoms with E-state index < -0.39 is 24.0 Å². The third-order valence-electron chi connectivity index (χ3n) is 2.68. The molecule has 1 unspecified atom stereocenters. The van der Waals surface area contributed by atoms with Gasteiger partial charge in [0.2, 0.25) is 0 Å². The van der Waals surface area contributed by atoms with Crippen molar-refractivity contribution in [2.45, 2.75) is 52.3 Å². The summed E-state index contributed by atoms with van der Waals surface area (Å²) in [5.41, 5.74) is -0.850. The first kappa shape index (κ1) is 16.2. The molecule has 3 nitrogen and oxygen atoms in total. The van der Waals surface area contributed by atoms with Crippen molar-refractivity contribution in [3.05, 3.63) is 0 Å². The SMILES string of the molecule is CC(CCC(F)(F)F)NCCC(C)(C)C(=O)O. The van der Waals surface area contributed by atoms with Crippen molar-refractivity contribution in [2.24, 2.45) is 5.41 Å². The number of carboxylic acid groups (broad SMARTS) is 1. The number of carbonyl (C=O) groups is 1. The Bertz CT molecular complexity index is 252. The Morgan fingerprint density at radius 1 is 1.29 bits per heavy atom. The lowest BCUT2D eigenvalue weighted by Crippen LogP contribution is -2.33. The molecule has 17 heavy (non-hydrogen) atoms. The fourth-order valence-corrected chi connectivity index (χ4v) is 1.22. The van der Waals surface area contributed by atoms with Crippen molar-refractivity contribution >= 4 is 5.97 Å². The highest BCUT2D eigenvalue weighted by atomic mass is 19.4. The van der Waals surface area contributed by atoms with Gasteiger partial charge in [-0.2, -0.15) is 13.2 Å². The maximum Gasteiger partial charge on any atom is 0.389 e. The standard InChI is InChI=1S/C11H20F3NO2/c1-8(4-5-11(12,13)14)15-7-6-10(2,3)9(16)17/h8,15H,4-7H2,1-3H3,(H,16,17). The summed E-state index contributed by atoms with van der Waals surface area (Å²) < 4.78 is 35.8. The van der Waals surface area contributed by atoms with E-state index in [0.29, 0.717) is 13.0 Å². The Hall–Kier alpha value is -0.780. The van der Waals surface area contributed by atoms with Crippen molar-refractivity contribution in [3.63, 3.8) is 0 Å². The van der Waals surface area contributed by atoms with Crippen LogP contribution in [0.5, 0.6) is 0 Å². The van der Waals surface area contributed by atoms with Crippen LogP contribution in [-0.2, 0) is 4.79 Å². The third-order valence-corrected chi connectivity index (χ3v) is 2.68. The molecule has 0 aromatic rings. The van der Waals surface area contributed by atoms with E-state index in [1.165, 1.54) is 0 Å². The fourth-order valence-electron chi connectivity index (χ4n) is 1.22. The molecule has 0 aliphatic heterocycles. The van der Waals surface area contributed by atoms with Crippen LogP contribution < -0.4 is 5.32 Å². The van der Waals surface area contributed by atoms with Crippen LogP contribution in [0.3, 0.4) is 0 Å². The summed E-state index contributed by atoms with van der Waals surface area (Å²) in [6, 6.07) is -0.263. The highest BCUT2D eigenvalue weighted by Gasteiger charge is 2.28. The molecule has 0 saturated carbocycles. The van der Waals surface area contributed by atoms with Gasteiger partial charge in [0.05, 0.1) is 5.41 Å². The molecule has 0 bridgehead atoms. The van der Waals surface area contributed by atoms with Crippen LogP contribution in [0.15, 0.2) is 0 Å². The summed E-state index contributed by atoms with van der Waals surface area (Å²) in [7, 11) is 0. The zero-order valence-electron chi connectivity index (χ0n) is 10.4. The van der Waals surface area contributed by atoms with E-state index in [2.05, 4.69) is 5.32 Å². The molecule has 0 aromatic heterocycles. The first-order valence-electron chi connectivity index (χ1n) is 5.58. The molecular formula is C11H20F3NO2. The predicted molar refractivity (Wildman–Crippen MR) is 58.8 cm³/mol. The molecule has 0 amide bonds. The van der Waals surface area contributed by atoms with Gasteiger partial charge in [0.25, 0.3) is 0 Å². The molecule has 0 heterocycles. The molecule has 102 valence electrons. The molecule has 0 spiro atoms. The molecule has 2 N–H and O–H groups in total. The van der Waals surface area contributed by atoms with Gasteiger partial charge in [0, 0.05) is 12.5 Å². The maximum atomic E-state index is 11.9. The Labute approximate surface area is 99.4 Å². The molecule has 0 saturated heterocycles. The van der Waals surface area contributed by atoms with Crippen LogP contribution in [0.1, 0.15) is 40.0 Å². The fraction of sp³-hybridized carbons (Fsp3) is 0.909. The van der Waals surface area contributed by atoms with E-state index >= 15 is 0 Å². The molecule has 0 rings (SSSR count). The van der Waals surface area contributed by atoms with Gasteiger partial charge in [0.1, 0.15) is 0 Å². The zero-order valence-corrected chi connectivity index (χ0v) is 10.4. The molecular weight excluding hydrogens is 235 g/mol. The van der Waals surface area contributed by atoms with E-state index in [-0.39, 0.29) is 12.5 Å². The van der Waals surface area contributed by atoms with Gasteiger partial charge >= 0.3 is 12.1 Å². The second kappa shape index (κ2) is 6.23. The minimum Gasteiger partial charge on any atom is -0.481 e. The summed E-state index contributed by atoms with van der Waals surface area (Å²) in [6.07, 6.45) is -4.55. The minimum absolute atomic E-state index is 0.0109. The summed E-state index contributed by atoms with van der Waals surface area (Å²) in [4.78, 5) is 10.8. The lowest BCUT2D eigenvalue weighted by molar-refractivity contribution is -0.147. The number of rotatable bonds is 7. The summed E-state index contributed by atoms with van der Waals surface area (Å²) in [5, 5.41) is 11.7. The Morgan fingerprint density at radius 3 is 2.24 bits per heavy atom. The van der Waals surface area contributed by atoms with Gasteiger partial charge in [-0.25, -0.2) is 0 Å². The van der Waals surface area contributed by atoms with E-state index in [1.54, 1.807) is 20.8 Å². The quantitative estimate of drug-likeness (QED) is 0.735. The van der Waals surface area contributed by atoms with E-state index in [9.17, 15) is 18.0 Å². The van der Waals surface area contributed by atoms with Crippen molar-refractivity contribution in [1.29, 1.82) is 0 Å². The summed E-state index contributed by atoms with van der Waals surface area (Å²) >= 11 is 0. The van der Waals surface area contributed by atoms with Gasteiger partial charge in [-0.3, -0.25) is 4.79 Å². The van der Waals surface area contributed by atoms with Gasteiger partial charge in [0.15, 0.2) is 0 Å². The van der Waals surface area contributed by atoms with Crippen molar-refractivity contribution < 1.29 is 23.1 Å². The second-order valence-corrected chi connectivity index (χ2v) is 4.95. The number of carboxylic acids is 1. The molecule has 0 aliphatic carbocycles.